The van der Waals surface area contributed by atoms with Gasteiger partial charge >= 0.3 is 0 Å². The van der Waals surface area contributed by atoms with Crippen molar-refractivity contribution < 1.29 is 0 Å². The highest BCUT2D eigenvalue weighted by Gasteiger charge is 2.20. The predicted octanol–water partition coefficient (Wildman–Crippen LogP) is 3.54. The molecule has 1 aliphatic rings. The molecule has 0 aliphatic heterocycles. The van der Waals surface area contributed by atoms with Crippen molar-refractivity contribution in [3.8, 4) is 5.69 Å². The molecule has 1 N–H and O–H groups in total. The van der Waals surface area contributed by atoms with E-state index in [9.17, 15) is 0 Å². The summed E-state index contributed by atoms with van der Waals surface area (Å²) in [5.41, 5.74) is 2.03. The summed E-state index contributed by atoms with van der Waals surface area (Å²) in [6, 6.07) is 8.56. The fourth-order valence-electron chi connectivity index (χ4n) is 1.76. The molecule has 18 heavy (non-hydrogen) atoms. The normalized spacial score (nSPS) is 15.0. The highest BCUT2D eigenvalue weighted by Crippen LogP contribution is 2.24. The van der Waals surface area contributed by atoms with E-state index in [0.717, 1.165) is 22.4 Å². The minimum atomic E-state index is 0.695. The second-order valence-electron chi connectivity index (χ2n) is 4.51. The Morgan fingerprint density at radius 2 is 2.22 bits per heavy atom. The summed E-state index contributed by atoms with van der Waals surface area (Å²) >= 11 is 9.46. The molecule has 0 atom stereocenters. The van der Waals surface area contributed by atoms with Gasteiger partial charge in [0, 0.05) is 23.3 Å². The Labute approximate surface area is 119 Å². The van der Waals surface area contributed by atoms with Crippen molar-refractivity contribution in [3.05, 3.63) is 45.7 Å². The zero-order valence-corrected chi connectivity index (χ0v) is 12.1. The summed E-state index contributed by atoms with van der Waals surface area (Å²) in [5, 5.41) is 8.68. The Morgan fingerprint density at radius 1 is 1.39 bits per heavy atom. The minimum Gasteiger partial charge on any atom is -0.308 e. The van der Waals surface area contributed by atoms with Gasteiger partial charge in [0.1, 0.15) is 0 Å². The van der Waals surface area contributed by atoms with Crippen LogP contribution in [0.1, 0.15) is 18.5 Å². The van der Waals surface area contributed by atoms with Crippen molar-refractivity contribution in [3.63, 3.8) is 0 Å². The van der Waals surface area contributed by atoms with Gasteiger partial charge in [-0.25, -0.2) is 4.68 Å². The molecule has 1 fully saturated rings. The van der Waals surface area contributed by atoms with E-state index in [0.29, 0.717) is 11.1 Å². The molecular formula is C13H13BrClN3. The number of halogens is 2. The van der Waals surface area contributed by atoms with Gasteiger partial charge in [0.25, 0.3) is 0 Å². The van der Waals surface area contributed by atoms with Crippen LogP contribution in [0.3, 0.4) is 0 Å². The van der Waals surface area contributed by atoms with Gasteiger partial charge in [-0.05, 0) is 53.0 Å². The molecule has 0 unspecified atom stereocenters. The first-order valence-electron chi connectivity index (χ1n) is 5.96. The van der Waals surface area contributed by atoms with Crippen molar-refractivity contribution in [2.45, 2.75) is 25.4 Å². The zero-order valence-electron chi connectivity index (χ0n) is 9.74. The summed E-state index contributed by atoms with van der Waals surface area (Å²) in [5.74, 6) is 0. The van der Waals surface area contributed by atoms with E-state index >= 15 is 0 Å². The minimum absolute atomic E-state index is 0.695. The van der Waals surface area contributed by atoms with Gasteiger partial charge in [-0.2, -0.15) is 5.10 Å². The molecule has 0 radical (unpaired) electrons. The lowest BCUT2D eigenvalue weighted by atomic mass is 10.3. The molecule has 5 heteroatoms. The lowest BCUT2D eigenvalue weighted by molar-refractivity contribution is 0.665. The molecule has 3 nitrogen and oxygen atoms in total. The number of hydrogen-bond acceptors (Lipinski definition) is 2. The van der Waals surface area contributed by atoms with E-state index in [1.807, 2.05) is 35.1 Å². The predicted molar refractivity (Wildman–Crippen MR) is 76.1 cm³/mol. The number of nitrogens with zero attached hydrogens (tertiary/aromatic N) is 2. The van der Waals surface area contributed by atoms with E-state index in [1.165, 1.54) is 12.8 Å². The molecule has 1 aromatic carbocycles. The lowest BCUT2D eigenvalue weighted by Crippen LogP contribution is -2.15. The van der Waals surface area contributed by atoms with Crippen LogP contribution in [0.4, 0.5) is 0 Å². The maximum atomic E-state index is 6.08. The molecule has 0 saturated heterocycles. The van der Waals surface area contributed by atoms with Crippen LogP contribution in [-0.4, -0.2) is 15.8 Å². The first-order valence-corrected chi connectivity index (χ1v) is 7.13. The summed E-state index contributed by atoms with van der Waals surface area (Å²) in [6.07, 6.45) is 4.55. The van der Waals surface area contributed by atoms with Gasteiger partial charge in [-0.15, -0.1) is 0 Å². The van der Waals surface area contributed by atoms with Gasteiger partial charge in [0.05, 0.1) is 16.4 Å². The van der Waals surface area contributed by atoms with Crippen LogP contribution in [0.2, 0.25) is 5.02 Å². The molecule has 1 saturated carbocycles. The number of hydrogen-bond donors (Lipinski definition) is 1. The van der Waals surface area contributed by atoms with Crippen LogP contribution in [0.25, 0.3) is 5.69 Å². The maximum Gasteiger partial charge on any atom is 0.0766 e. The van der Waals surface area contributed by atoms with E-state index in [2.05, 4.69) is 26.3 Å². The average molecular weight is 327 g/mol. The van der Waals surface area contributed by atoms with Crippen molar-refractivity contribution in [2.24, 2.45) is 0 Å². The molecule has 0 bridgehead atoms. The topological polar surface area (TPSA) is 29.9 Å². The third kappa shape index (κ3) is 2.76. The molecule has 0 amide bonds. The van der Waals surface area contributed by atoms with Gasteiger partial charge < -0.3 is 5.32 Å². The number of rotatable bonds is 4. The lowest BCUT2D eigenvalue weighted by Gasteiger charge is -2.03. The summed E-state index contributed by atoms with van der Waals surface area (Å²) in [6.45, 7) is 0.835. The Kier molecular flexibility index (Phi) is 3.41. The monoisotopic (exact) mass is 325 g/mol. The quantitative estimate of drug-likeness (QED) is 0.931. The van der Waals surface area contributed by atoms with Gasteiger partial charge in [0.2, 0.25) is 0 Å². The van der Waals surface area contributed by atoms with E-state index in [-0.39, 0.29) is 0 Å². The Balaban J connectivity index is 1.76. The van der Waals surface area contributed by atoms with Crippen molar-refractivity contribution in [2.75, 3.05) is 0 Å². The Morgan fingerprint density at radius 3 is 2.94 bits per heavy atom. The van der Waals surface area contributed by atoms with Crippen molar-refractivity contribution >= 4 is 27.5 Å². The summed E-state index contributed by atoms with van der Waals surface area (Å²) in [4.78, 5) is 0. The highest BCUT2D eigenvalue weighted by atomic mass is 79.9. The number of nitrogens with one attached hydrogen (secondary N) is 1. The fourth-order valence-corrected chi connectivity index (χ4v) is 2.19. The molecule has 1 heterocycles. The van der Waals surface area contributed by atoms with Crippen molar-refractivity contribution in [1.82, 2.24) is 15.1 Å². The molecular weight excluding hydrogens is 314 g/mol. The van der Waals surface area contributed by atoms with E-state index in [4.69, 9.17) is 11.6 Å². The molecule has 3 rings (SSSR count). The number of benzene rings is 1. The standard InChI is InChI=1S/C13H13BrClN3/c14-12-4-3-11(7-13(12)15)18-6-5-10(17-18)8-16-9-1-2-9/h3-7,9,16H,1-2,8H2. The Hall–Kier alpha value is -0.840. The van der Waals surface area contributed by atoms with Crippen LogP contribution in [0.5, 0.6) is 0 Å². The van der Waals surface area contributed by atoms with Gasteiger partial charge in [-0.1, -0.05) is 11.6 Å². The average Bonchev–Trinajstić information content (AvgIpc) is 3.08. The molecule has 1 aliphatic carbocycles. The second-order valence-corrected chi connectivity index (χ2v) is 5.77. The van der Waals surface area contributed by atoms with Gasteiger partial charge in [-0.3, -0.25) is 0 Å². The molecule has 94 valence electrons. The number of aromatic nitrogens is 2. The Bertz CT molecular complexity index is 563. The SMILES string of the molecule is Clc1cc(-n2ccc(CNC3CC3)n2)ccc1Br. The van der Waals surface area contributed by atoms with E-state index < -0.39 is 0 Å². The van der Waals surface area contributed by atoms with Crippen LogP contribution >= 0.6 is 27.5 Å². The highest BCUT2D eigenvalue weighted by molar-refractivity contribution is 9.10. The van der Waals surface area contributed by atoms with Crippen LogP contribution in [0, 0.1) is 0 Å². The third-order valence-electron chi connectivity index (χ3n) is 2.96. The summed E-state index contributed by atoms with van der Waals surface area (Å²) in [7, 11) is 0. The van der Waals surface area contributed by atoms with Crippen molar-refractivity contribution in [1.29, 1.82) is 0 Å². The fraction of sp³-hybridized carbons (Fsp3) is 0.308. The van der Waals surface area contributed by atoms with Crippen LogP contribution in [-0.2, 0) is 6.54 Å². The largest absolute Gasteiger partial charge is 0.308 e. The van der Waals surface area contributed by atoms with E-state index in [1.54, 1.807) is 0 Å². The van der Waals surface area contributed by atoms with Crippen LogP contribution in [0.15, 0.2) is 34.9 Å². The molecule has 0 spiro atoms. The smallest absolute Gasteiger partial charge is 0.0766 e. The van der Waals surface area contributed by atoms with Gasteiger partial charge in [0.15, 0.2) is 0 Å². The second kappa shape index (κ2) is 5.03. The van der Waals surface area contributed by atoms with Crippen LogP contribution < -0.4 is 5.32 Å². The zero-order chi connectivity index (χ0) is 12.5. The maximum absolute atomic E-state index is 6.08. The summed E-state index contributed by atoms with van der Waals surface area (Å²) < 4.78 is 2.75. The molecule has 2 aromatic rings. The molecule has 1 aromatic heterocycles. The first-order chi connectivity index (χ1) is 8.72. The third-order valence-corrected chi connectivity index (χ3v) is 4.19. The first kappa shape index (κ1) is 12.2.